The molecule has 2 N–H and O–H groups in total. The van der Waals surface area contributed by atoms with Crippen LogP contribution in [-0.4, -0.2) is 52.5 Å². The van der Waals surface area contributed by atoms with Crippen LogP contribution in [0.25, 0.3) is 22.2 Å². The summed E-state index contributed by atoms with van der Waals surface area (Å²) in [6.45, 7) is 3.98. The van der Waals surface area contributed by atoms with Crippen molar-refractivity contribution in [2.24, 2.45) is 0 Å². The predicted octanol–water partition coefficient (Wildman–Crippen LogP) is 3.15. The van der Waals surface area contributed by atoms with Crippen LogP contribution in [0.3, 0.4) is 0 Å². The molecule has 1 aliphatic heterocycles. The molecular weight excluding hydrogens is 352 g/mol. The third-order valence-electron chi connectivity index (χ3n) is 5.51. The average molecular weight is 378 g/mol. The number of methoxy groups -OCH3 is 1. The first kappa shape index (κ1) is 18.9. The van der Waals surface area contributed by atoms with Gasteiger partial charge in [0.1, 0.15) is 5.75 Å². The minimum Gasteiger partial charge on any atom is -0.497 e. The lowest BCUT2D eigenvalue weighted by Crippen LogP contribution is -2.46. The summed E-state index contributed by atoms with van der Waals surface area (Å²) in [5, 5.41) is 21.0. The van der Waals surface area contributed by atoms with Crippen LogP contribution in [0.4, 0.5) is 0 Å². The topological polar surface area (TPSA) is 65.8 Å². The summed E-state index contributed by atoms with van der Waals surface area (Å²) < 4.78 is 5.29. The lowest BCUT2D eigenvalue weighted by atomic mass is 9.99. The Kier molecular flexibility index (Phi) is 5.31. The molecule has 0 spiro atoms. The summed E-state index contributed by atoms with van der Waals surface area (Å²) in [5.41, 5.74) is 5.26. The zero-order valence-corrected chi connectivity index (χ0v) is 16.3. The molecule has 4 rings (SSSR count). The lowest BCUT2D eigenvalue weighted by molar-refractivity contribution is -0.0403. The third-order valence-corrected chi connectivity index (χ3v) is 5.51. The number of likely N-dealkylation sites (tertiary alicyclic amines) is 1. The van der Waals surface area contributed by atoms with Gasteiger partial charge in [-0.1, -0.05) is 18.2 Å². The van der Waals surface area contributed by atoms with Crippen LogP contribution in [0.1, 0.15) is 17.5 Å². The SMILES string of the molecule is COc1ccc(-c2nc3c(C)cccc3cc2CN2CC[C@@H](O)[C@H](O)C2)cc1. The maximum absolute atomic E-state index is 10.1. The monoisotopic (exact) mass is 378 g/mol. The van der Waals surface area contributed by atoms with Crippen molar-refractivity contribution >= 4 is 10.9 Å². The second kappa shape index (κ2) is 7.87. The van der Waals surface area contributed by atoms with E-state index < -0.39 is 12.2 Å². The fourth-order valence-electron chi connectivity index (χ4n) is 3.88. The van der Waals surface area contributed by atoms with Crippen molar-refractivity contribution in [3.8, 4) is 17.0 Å². The number of hydrogen-bond donors (Lipinski definition) is 2. The molecule has 3 aromatic rings. The summed E-state index contributed by atoms with van der Waals surface area (Å²) in [6.07, 6.45) is -0.748. The Morgan fingerprint density at radius 3 is 2.61 bits per heavy atom. The number of aliphatic hydroxyl groups excluding tert-OH is 2. The van der Waals surface area contributed by atoms with Crippen molar-refractivity contribution in [1.82, 2.24) is 9.88 Å². The van der Waals surface area contributed by atoms with Crippen molar-refractivity contribution in [2.75, 3.05) is 20.2 Å². The number of β-amino-alcohol motifs (C(OH)–C–C–N with tert-alkyl or cyclic N) is 1. The Balaban J connectivity index is 1.76. The highest BCUT2D eigenvalue weighted by Gasteiger charge is 2.26. The number of nitrogens with zero attached hydrogens (tertiary/aromatic N) is 2. The number of hydrogen-bond acceptors (Lipinski definition) is 5. The number of fused-ring (bicyclic) bond motifs is 1. The number of ether oxygens (including phenoxy) is 1. The van der Waals surface area contributed by atoms with Gasteiger partial charge in [-0.05, 0) is 54.8 Å². The van der Waals surface area contributed by atoms with Gasteiger partial charge in [0, 0.05) is 30.6 Å². The van der Waals surface area contributed by atoms with Crippen LogP contribution < -0.4 is 4.74 Å². The number of aryl methyl sites for hydroxylation is 1. The van der Waals surface area contributed by atoms with Gasteiger partial charge in [-0.2, -0.15) is 0 Å². The van der Waals surface area contributed by atoms with Gasteiger partial charge < -0.3 is 14.9 Å². The molecule has 1 aliphatic rings. The largest absolute Gasteiger partial charge is 0.497 e. The predicted molar refractivity (Wildman–Crippen MR) is 110 cm³/mol. The van der Waals surface area contributed by atoms with Crippen molar-refractivity contribution < 1.29 is 14.9 Å². The first-order chi connectivity index (χ1) is 13.5. The molecule has 2 heterocycles. The van der Waals surface area contributed by atoms with Gasteiger partial charge in [0.25, 0.3) is 0 Å². The summed E-state index contributed by atoms with van der Waals surface area (Å²) >= 11 is 0. The molecular formula is C23H26N2O3. The van der Waals surface area contributed by atoms with Crippen molar-refractivity contribution in [3.05, 3.63) is 59.7 Å². The van der Waals surface area contributed by atoms with Gasteiger partial charge in [0.2, 0.25) is 0 Å². The zero-order chi connectivity index (χ0) is 19.7. The van der Waals surface area contributed by atoms with Crippen LogP contribution in [-0.2, 0) is 6.54 Å². The summed E-state index contributed by atoms with van der Waals surface area (Å²) in [4.78, 5) is 7.20. The molecule has 0 aliphatic carbocycles. The standard InChI is InChI=1S/C23H26N2O3/c1-15-4-3-5-17-12-18(13-25-11-10-20(26)21(27)14-25)23(24-22(15)17)16-6-8-19(28-2)9-7-16/h3-9,12,20-21,26-27H,10-11,13-14H2,1-2H3/t20-,21-/m1/s1. The summed E-state index contributed by atoms with van der Waals surface area (Å²) in [6, 6.07) is 16.4. The number of aliphatic hydroxyl groups is 2. The molecule has 0 bridgehead atoms. The number of rotatable bonds is 4. The molecule has 1 fully saturated rings. The Bertz CT molecular complexity index is 971. The van der Waals surface area contributed by atoms with Crippen LogP contribution in [0.15, 0.2) is 48.5 Å². The molecule has 2 aromatic carbocycles. The van der Waals surface area contributed by atoms with Gasteiger partial charge in [-0.15, -0.1) is 0 Å². The number of aromatic nitrogens is 1. The van der Waals surface area contributed by atoms with E-state index in [-0.39, 0.29) is 0 Å². The normalized spacial score (nSPS) is 20.4. The number of benzene rings is 2. The van der Waals surface area contributed by atoms with Crippen LogP contribution >= 0.6 is 0 Å². The molecule has 2 atom stereocenters. The first-order valence-electron chi connectivity index (χ1n) is 9.67. The van der Waals surface area contributed by atoms with E-state index in [1.54, 1.807) is 7.11 Å². The van der Waals surface area contributed by atoms with E-state index >= 15 is 0 Å². The molecule has 1 saturated heterocycles. The maximum Gasteiger partial charge on any atom is 0.118 e. The molecule has 0 saturated carbocycles. The smallest absolute Gasteiger partial charge is 0.118 e. The van der Waals surface area contributed by atoms with E-state index in [4.69, 9.17) is 9.72 Å². The van der Waals surface area contributed by atoms with Gasteiger partial charge in [0.05, 0.1) is 30.5 Å². The van der Waals surface area contributed by atoms with E-state index in [1.807, 2.05) is 24.3 Å². The summed E-state index contributed by atoms with van der Waals surface area (Å²) in [7, 11) is 1.66. The highest BCUT2D eigenvalue weighted by atomic mass is 16.5. The third kappa shape index (κ3) is 3.74. The highest BCUT2D eigenvalue weighted by Crippen LogP contribution is 2.30. The fraction of sp³-hybridized carbons (Fsp3) is 0.348. The Morgan fingerprint density at radius 2 is 1.89 bits per heavy atom. The van der Waals surface area contributed by atoms with Crippen molar-refractivity contribution in [1.29, 1.82) is 0 Å². The molecule has 0 amide bonds. The minimum absolute atomic E-state index is 0.467. The molecule has 0 radical (unpaired) electrons. The quantitative estimate of drug-likeness (QED) is 0.730. The van der Waals surface area contributed by atoms with E-state index in [1.165, 1.54) is 0 Å². The second-order valence-electron chi connectivity index (χ2n) is 7.53. The van der Waals surface area contributed by atoms with Crippen LogP contribution in [0, 0.1) is 6.92 Å². The average Bonchev–Trinajstić information content (AvgIpc) is 2.71. The Labute approximate surface area is 165 Å². The highest BCUT2D eigenvalue weighted by molar-refractivity contribution is 5.85. The van der Waals surface area contributed by atoms with Gasteiger partial charge in [-0.3, -0.25) is 4.90 Å². The fourth-order valence-corrected chi connectivity index (χ4v) is 3.88. The molecule has 5 heteroatoms. The summed E-state index contributed by atoms with van der Waals surface area (Å²) in [5.74, 6) is 0.815. The molecule has 28 heavy (non-hydrogen) atoms. The first-order valence-corrected chi connectivity index (χ1v) is 9.67. The van der Waals surface area contributed by atoms with Crippen LogP contribution in [0.2, 0.25) is 0 Å². The Hall–Kier alpha value is -2.47. The van der Waals surface area contributed by atoms with E-state index in [2.05, 4.69) is 36.1 Å². The number of pyridine rings is 1. The van der Waals surface area contributed by atoms with Gasteiger partial charge in [-0.25, -0.2) is 4.98 Å². The number of piperidine rings is 1. The molecule has 5 nitrogen and oxygen atoms in total. The zero-order valence-electron chi connectivity index (χ0n) is 16.3. The van der Waals surface area contributed by atoms with E-state index in [9.17, 15) is 10.2 Å². The van der Waals surface area contributed by atoms with Crippen molar-refractivity contribution in [3.63, 3.8) is 0 Å². The molecule has 0 unspecified atom stereocenters. The Morgan fingerprint density at radius 1 is 1.11 bits per heavy atom. The van der Waals surface area contributed by atoms with Crippen molar-refractivity contribution in [2.45, 2.75) is 32.1 Å². The number of para-hydroxylation sites is 1. The van der Waals surface area contributed by atoms with Crippen LogP contribution in [0.5, 0.6) is 5.75 Å². The lowest BCUT2D eigenvalue weighted by Gasteiger charge is -2.33. The van der Waals surface area contributed by atoms with E-state index in [0.29, 0.717) is 19.5 Å². The maximum atomic E-state index is 10.1. The van der Waals surface area contributed by atoms with Gasteiger partial charge in [0.15, 0.2) is 0 Å². The molecule has 146 valence electrons. The second-order valence-corrected chi connectivity index (χ2v) is 7.53. The minimum atomic E-state index is -0.700. The molecule has 1 aromatic heterocycles. The van der Waals surface area contributed by atoms with Gasteiger partial charge >= 0.3 is 0 Å². The van der Waals surface area contributed by atoms with E-state index in [0.717, 1.165) is 45.6 Å².